The Balaban J connectivity index is 1.77. The zero-order valence-corrected chi connectivity index (χ0v) is 14.3. The van der Waals surface area contributed by atoms with Gasteiger partial charge in [0.25, 0.3) is 0 Å². The monoisotopic (exact) mass is 352 g/mol. The predicted molar refractivity (Wildman–Crippen MR) is 90.4 cm³/mol. The molecule has 1 aliphatic carbocycles. The Kier molecular flexibility index (Phi) is 5.47. The number of anilines is 1. The molecule has 21 heavy (non-hydrogen) atoms. The van der Waals surface area contributed by atoms with Gasteiger partial charge in [-0.3, -0.25) is 0 Å². The fourth-order valence-corrected chi connectivity index (χ4v) is 3.98. The molecule has 0 N–H and O–H groups in total. The van der Waals surface area contributed by atoms with Crippen molar-refractivity contribution in [3.05, 3.63) is 17.6 Å². The number of aromatic nitrogens is 2. The number of aryl methyl sites for hydroxylation is 1. The van der Waals surface area contributed by atoms with Crippen molar-refractivity contribution in [1.29, 1.82) is 0 Å². The van der Waals surface area contributed by atoms with E-state index < -0.39 is 0 Å². The van der Waals surface area contributed by atoms with Crippen molar-refractivity contribution in [3.8, 4) is 0 Å². The fraction of sp³-hybridized carbons (Fsp3) is 0.750. The summed E-state index contributed by atoms with van der Waals surface area (Å²) in [6.45, 7) is 5.72. The van der Waals surface area contributed by atoms with Gasteiger partial charge in [0.1, 0.15) is 12.1 Å². The predicted octanol–water partition coefficient (Wildman–Crippen LogP) is 2.65. The Bertz CT molecular complexity index is 466. The summed E-state index contributed by atoms with van der Waals surface area (Å²) >= 11 is 3.55. The second-order valence-electron chi connectivity index (χ2n) is 6.05. The molecule has 0 radical (unpaired) electrons. The number of hydrogen-bond acceptors (Lipinski definition) is 4. The minimum atomic E-state index is 1.07. The maximum absolute atomic E-state index is 4.66. The molecule has 3 rings (SSSR count). The topological polar surface area (TPSA) is 32.3 Å². The summed E-state index contributed by atoms with van der Waals surface area (Å²) in [5, 5.41) is 1.07. The number of alkyl halides is 1. The van der Waals surface area contributed by atoms with Gasteiger partial charge in [0.05, 0.1) is 0 Å². The number of halogens is 1. The lowest BCUT2D eigenvalue weighted by atomic mass is 10.1. The van der Waals surface area contributed by atoms with Gasteiger partial charge in [0.15, 0.2) is 0 Å². The van der Waals surface area contributed by atoms with E-state index in [4.69, 9.17) is 0 Å². The highest BCUT2D eigenvalue weighted by Gasteiger charge is 2.21. The molecule has 1 saturated heterocycles. The normalized spacial score (nSPS) is 20.7. The second-order valence-corrected chi connectivity index (χ2v) is 6.85. The Labute approximate surface area is 136 Å². The molecule has 4 nitrogen and oxygen atoms in total. The molecular weight excluding hydrogens is 328 g/mol. The van der Waals surface area contributed by atoms with Crippen LogP contribution in [0.5, 0.6) is 0 Å². The first-order valence-electron chi connectivity index (χ1n) is 8.24. The van der Waals surface area contributed by atoms with Crippen molar-refractivity contribution >= 4 is 21.7 Å². The minimum Gasteiger partial charge on any atom is -0.355 e. The minimum absolute atomic E-state index is 1.07. The molecule has 1 aromatic rings. The third-order valence-corrected chi connectivity index (χ3v) is 5.00. The molecule has 0 unspecified atom stereocenters. The molecule has 0 spiro atoms. The van der Waals surface area contributed by atoms with E-state index in [-0.39, 0.29) is 0 Å². The highest BCUT2D eigenvalue weighted by atomic mass is 79.9. The molecule has 0 amide bonds. The molecule has 2 aliphatic rings. The van der Waals surface area contributed by atoms with E-state index in [1.165, 1.54) is 49.3 Å². The van der Waals surface area contributed by atoms with Crippen LogP contribution in [0.25, 0.3) is 0 Å². The van der Waals surface area contributed by atoms with Crippen LogP contribution in [0.15, 0.2) is 6.33 Å². The quantitative estimate of drug-likeness (QED) is 0.618. The van der Waals surface area contributed by atoms with Gasteiger partial charge in [0.2, 0.25) is 0 Å². The Morgan fingerprint density at radius 2 is 1.86 bits per heavy atom. The van der Waals surface area contributed by atoms with Gasteiger partial charge >= 0.3 is 0 Å². The van der Waals surface area contributed by atoms with Crippen LogP contribution < -0.4 is 4.90 Å². The standard InChI is InChI=1S/C16H25BrN4/c17-7-10-20-8-4-9-21(12-11-20)16-14-5-2-1-3-6-15(14)18-13-19-16/h13H,1-12H2. The van der Waals surface area contributed by atoms with E-state index in [1.807, 2.05) is 0 Å². The first-order valence-corrected chi connectivity index (χ1v) is 9.36. The van der Waals surface area contributed by atoms with E-state index >= 15 is 0 Å². The molecule has 1 fully saturated rings. The van der Waals surface area contributed by atoms with Gasteiger partial charge in [-0.2, -0.15) is 0 Å². The summed E-state index contributed by atoms with van der Waals surface area (Å²) in [6, 6.07) is 0. The maximum atomic E-state index is 4.66. The zero-order valence-electron chi connectivity index (χ0n) is 12.7. The summed E-state index contributed by atoms with van der Waals surface area (Å²) in [4.78, 5) is 14.3. The lowest BCUT2D eigenvalue weighted by Gasteiger charge is -2.25. The molecule has 116 valence electrons. The van der Waals surface area contributed by atoms with Crippen molar-refractivity contribution in [2.24, 2.45) is 0 Å². The van der Waals surface area contributed by atoms with Crippen LogP contribution in [0, 0.1) is 0 Å². The van der Waals surface area contributed by atoms with E-state index in [9.17, 15) is 0 Å². The van der Waals surface area contributed by atoms with Gasteiger partial charge in [-0.25, -0.2) is 9.97 Å². The number of rotatable bonds is 3. The van der Waals surface area contributed by atoms with Crippen molar-refractivity contribution < 1.29 is 0 Å². The molecular formula is C16H25BrN4. The van der Waals surface area contributed by atoms with Crippen molar-refractivity contribution in [2.75, 3.05) is 43.0 Å². The van der Waals surface area contributed by atoms with Crippen LogP contribution in [0.4, 0.5) is 5.82 Å². The van der Waals surface area contributed by atoms with E-state index in [0.29, 0.717) is 0 Å². The molecule has 5 heteroatoms. The molecule has 1 aliphatic heterocycles. The summed E-state index contributed by atoms with van der Waals surface area (Å²) < 4.78 is 0. The smallest absolute Gasteiger partial charge is 0.135 e. The van der Waals surface area contributed by atoms with Crippen LogP contribution in [0.2, 0.25) is 0 Å². The molecule has 0 saturated carbocycles. The van der Waals surface area contributed by atoms with E-state index in [0.717, 1.165) is 44.4 Å². The van der Waals surface area contributed by atoms with Gasteiger partial charge in [0, 0.05) is 42.8 Å². The highest BCUT2D eigenvalue weighted by Crippen LogP contribution is 2.27. The molecule has 2 heterocycles. The highest BCUT2D eigenvalue weighted by molar-refractivity contribution is 9.09. The first-order chi connectivity index (χ1) is 10.4. The van der Waals surface area contributed by atoms with Crippen molar-refractivity contribution in [1.82, 2.24) is 14.9 Å². The van der Waals surface area contributed by atoms with Crippen LogP contribution >= 0.6 is 15.9 Å². The van der Waals surface area contributed by atoms with Crippen LogP contribution in [-0.2, 0) is 12.8 Å². The molecule has 0 bridgehead atoms. The molecule has 0 aromatic carbocycles. The Morgan fingerprint density at radius 3 is 2.76 bits per heavy atom. The van der Waals surface area contributed by atoms with Gasteiger partial charge < -0.3 is 9.80 Å². The maximum Gasteiger partial charge on any atom is 0.135 e. The Morgan fingerprint density at radius 1 is 0.952 bits per heavy atom. The summed E-state index contributed by atoms with van der Waals surface area (Å²) in [5.74, 6) is 1.22. The molecule has 1 aromatic heterocycles. The van der Waals surface area contributed by atoms with Crippen molar-refractivity contribution in [3.63, 3.8) is 0 Å². The van der Waals surface area contributed by atoms with E-state index in [2.05, 4.69) is 35.7 Å². The van der Waals surface area contributed by atoms with Crippen LogP contribution in [0.3, 0.4) is 0 Å². The van der Waals surface area contributed by atoms with Gasteiger partial charge in [-0.05, 0) is 38.6 Å². The average Bonchev–Trinajstić information content (AvgIpc) is 2.87. The van der Waals surface area contributed by atoms with Gasteiger partial charge in [-0.1, -0.05) is 22.4 Å². The summed E-state index contributed by atoms with van der Waals surface area (Å²) in [5.41, 5.74) is 2.74. The van der Waals surface area contributed by atoms with Crippen LogP contribution in [0.1, 0.15) is 36.9 Å². The lowest BCUT2D eigenvalue weighted by molar-refractivity contribution is 0.313. The average molecular weight is 353 g/mol. The lowest BCUT2D eigenvalue weighted by Crippen LogP contribution is -2.32. The number of fused-ring (bicyclic) bond motifs is 1. The zero-order chi connectivity index (χ0) is 14.5. The first kappa shape index (κ1) is 15.2. The molecule has 0 atom stereocenters. The van der Waals surface area contributed by atoms with E-state index in [1.54, 1.807) is 6.33 Å². The third-order valence-electron chi connectivity index (χ3n) is 4.64. The summed E-state index contributed by atoms with van der Waals surface area (Å²) in [6.07, 6.45) is 9.20. The third kappa shape index (κ3) is 3.75. The second kappa shape index (κ2) is 7.54. The summed E-state index contributed by atoms with van der Waals surface area (Å²) in [7, 11) is 0. The van der Waals surface area contributed by atoms with Gasteiger partial charge in [-0.15, -0.1) is 0 Å². The SMILES string of the molecule is BrCCN1CCCN(c2ncnc3c2CCCCC3)CC1. The largest absolute Gasteiger partial charge is 0.355 e. The van der Waals surface area contributed by atoms with Crippen LogP contribution in [-0.4, -0.2) is 52.9 Å². The number of nitrogens with zero attached hydrogens (tertiary/aromatic N) is 4. The Hall–Kier alpha value is -0.680. The fourth-order valence-electron chi connectivity index (χ4n) is 3.48. The number of hydrogen-bond donors (Lipinski definition) is 0. The van der Waals surface area contributed by atoms with Crippen molar-refractivity contribution in [2.45, 2.75) is 38.5 Å².